The molecule has 1 atom stereocenters. The molecule has 0 saturated heterocycles. The van der Waals surface area contributed by atoms with Crippen molar-refractivity contribution in [1.82, 2.24) is 15.2 Å². The largest absolute Gasteiger partial charge is 0.272 e. The standard InChI is InChI=1S/C13H17FN4/c1-9-6-12(18(2)17-9)8-13(16-15)10-4-3-5-11(14)7-10/h3-7,13,16H,8,15H2,1-2H3. The van der Waals surface area contributed by atoms with Gasteiger partial charge in [0, 0.05) is 19.2 Å². The second-order valence-corrected chi connectivity index (χ2v) is 4.38. The van der Waals surface area contributed by atoms with Crippen LogP contribution in [0.3, 0.4) is 0 Å². The third-order valence-electron chi connectivity index (χ3n) is 2.96. The number of benzene rings is 1. The molecule has 1 unspecified atom stereocenters. The van der Waals surface area contributed by atoms with Crippen molar-refractivity contribution in [2.45, 2.75) is 19.4 Å². The van der Waals surface area contributed by atoms with Crippen molar-refractivity contribution < 1.29 is 4.39 Å². The lowest BCUT2D eigenvalue weighted by Crippen LogP contribution is -2.30. The highest BCUT2D eigenvalue weighted by molar-refractivity contribution is 5.22. The lowest BCUT2D eigenvalue weighted by Gasteiger charge is -2.16. The van der Waals surface area contributed by atoms with Gasteiger partial charge in [-0.2, -0.15) is 5.10 Å². The molecule has 2 rings (SSSR count). The maximum Gasteiger partial charge on any atom is 0.123 e. The molecule has 2 aromatic rings. The van der Waals surface area contributed by atoms with Gasteiger partial charge in [-0.3, -0.25) is 16.0 Å². The summed E-state index contributed by atoms with van der Waals surface area (Å²) < 4.78 is 15.0. The molecule has 4 nitrogen and oxygen atoms in total. The van der Waals surface area contributed by atoms with Crippen molar-refractivity contribution in [3.05, 3.63) is 53.1 Å². The second-order valence-electron chi connectivity index (χ2n) is 4.38. The number of hydrogen-bond donors (Lipinski definition) is 2. The Kier molecular flexibility index (Phi) is 3.74. The lowest BCUT2D eigenvalue weighted by atomic mass is 10.0. The highest BCUT2D eigenvalue weighted by Gasteiger charge is 2.13. The smallest absolute Gasteiger partial charge is 0.123 e. The summed E-state index contributed by atoms with van der Waals surface area (Å²) in [5, 5.41) is 4.28. The summed E-state index contributed by atoms with van der Waals surface area (Å²) in [5.41, 5.74) is 5.57. The summed E-state index contributed by atoms with van der Waals surface area (Å²) in [6.07, 6.45) is 0.664. The van der Waals surface area contributed by atoms with Crippen LogP contribution >= 0.6 is 0 Å². The predicted octanol–water partition coefficient (Wildman–Crippen LogP) is 1.61. The van der Waals surface area contributed by atoms with Gasteiger partial charge in [0.05, 0.1) is 11.7 Å². The third kappa shape index (κ3) is 2.75. The van der Waals surface area contributed by atoms with Crippen molar-refractivity contribution in [1.29, 1.82) is 0 Å². The number of aromatic nitrogens is 2. The Morgan fingerprint density at radius 1 is 1.44 bits per heavy atom. The van der Waals surface area contributed by atoms with Gasteiger partial charge < -0.3 is 0 Å². The van der Waals surface area contributed by atoms with E-state index in [4.69, 9.17) is 5.84 Å². The number of hydrazine groups is 1. The average molecular weight is 248 g/mol. The van der Waals surface area contributed by atoms with Crippen LogP contribution in [-0.2, 0) is 13.5 Å². The van der Waals surface area contributed by atoms with Crippen molar-refractivity contribution >= 4 is 0 Å². The Hall–Kier alpha value is -1.72. The summed E-state index contributed by atoms with van der Waals surface area (Å²) in [4.78, 5) is 0. The van der Waals surface area contributed by atoms with Crippen molar-refractivity contribution in [3.63, 3.8) is 0 Å². The van der Waals surface area contributed by atoms with Gasteiger partial charge in [0.1, 0.15) is 5.82 Å². The molecule has 0 aliphatic carbocycles. The van der Waals surface area contributed by atoms with Gasteiger partial charge in [-0.1, -0.05) is 12.1 Å². The maximum absolute atomic E-state index is 13.2. The lowest BCUT2D eigenvalue weighted by molar-refractivity contribution is 0.525. The van der Waals surface area contributed by atoms with Crippen LogP contribution in [0.4, 0.5) is 4.39 Å². The molecule has 0 saturated carbocycles. The molecule has 1 aromatic carbocycles. The Labute approximate surface area is 106 Å². The quantitative estimate of drug-likeness (QED) is 0.638. The van der Waals surface area contributed by atoms with E-state index in [1.54, 1.807) is 6.07 Å². The first-order valence-electron chi connectivity index (χ1n) is 5.81. The molecule has 3 N–H and O–H groups in total. The van der Waals surface area contributed by atoms with E-state index >= 15 is 0 Å². The van der Waals surface area contributed by atoms with Crippen molar-refractivity contribution in [3.8, 4) is 0 Å². The molecule has 0 fully saturated rings. The van der Waals surface area contributed by atoms with Crippen LogP contribution in [0.25, 0.3) is 0 Å². The minimum Gasteiger partial charge on any atom is -0.272 e. The third-order valence-corrected chi connectivity index (χ3v) is 2.96. The minimum atomic E-state index is -0.256. The van der Waals surface area contributed by atoms with Gasteiger partial charge in [-0.05, 0) is 30.7 Å². The molecule has 0 amide bonds. The van der Waals surface area contributed by atoms with Gasteiger partial charge in [-0.15, -0.1) is 0 Å². The van der Waals surface area contributed by atoms with Crippen molar-refractivity contribution in [2.24, 2.45) is 12.9 Å². The fourth-order valence-electron chi connectivity index (χ4n) is 2.06. The number of nitrogens with two attached hydrogens (primary N) is 1. The van der Waals surface area contributed by atoms with Gasteiger partial charge >= 0.3 is 0 Å². The van der Waals surface area contributed by atoms with Crippen molar-refractivity contribution in [2.75, 3.05) is 0 Å². The van der Waals surface area contributed by atoms with E-state index in [1.807, 2.05) is 30.8 Å². The number of nitrogens with zero attached hydrogens (tertiary/aromatic N) is 2. The molecule has 0 radical (unpaired) electrons. The van der Waals surface area contributed by atoms with Crippen LogP contribution in [-0.4, -0.2) is 9.78 Å². The Morgan fingerprint density at radius 2 is 2.22 bits per heavy atom. The van der Waals surface area contributed by atoms with Gasteiger partial charge in [0.2, 0.25) is 0 Å². The molecule has 0 bridgehead atoms. The zero-order chi connectivity index (χ0) is 13.1. The monoisotopic (exact) mass is 248 g/mol. The van der Waals surface area contributed by atoms with Crippen LogP contribution in [0.2, 0.25) is 0 Å². The van der Waals surface area contributed by atoms with Gasteiger partial charge in [0.15, 0.2) is 0 Å². The Morgan fingerprint density at radius 3 is 2.78 bits per heavy atom. The highest BCUT2D eigenvalue weighted by atomic mass is 19.1. The molecule has 0 aliphatic heterocycles. The number of rotatable bonds is 4. The molecule has 1 heterocycles. The van der Waals surface area contributed by atoms with Gasteiger partial charge in [0.25, 0.3) is 0 Å². The number of hydrogen-bond acceptors (Lipinski definition) is 3. The van der Waals surface area contributed by atoms with E-state index in [9.17, 15) is 4.39 Å². The van der Waals surface area contributed by atoms with Crippen LogP contribution in [0, 0.1) is 12.7 Å². The number of aryl methyl sites for hydroxylation is 2. The number of halogens is 1. The average Bonchev–Trinajstić information content (AvgIpc) is 2.64. The Balaban J connectivity index is 2.22. The maximum atomic E-state index is 13.2. The first kappa shape index (κ1) is 12.7. The topological polar surface area (TPSA) is 55.9 Å². The SMILES string of the molecule is Cc1cc(CC(NN)c2cccc(F)c2)n(C)n1. The van der Waals surface area contributed by atoms with E-state index in [0.29, 0.717) is 6.42 Å². The zero-order valence-corrected chi connectivity index (χ0v) is 10.5. The molecule has 1 aromatic heterocycles. The minimum absolute atomic E-state index is 0.129. The first-order chi connectivity index (χ1) is 8.60. The van der Waals surface area contributed by atoms with Crippen LogP contribution < -0.4 is 11.3 Å². The zero-order valence-electron chi connectivity index (χ0n) is 10.5. The van der Waals surface area contributed by atoms with E-state index < -0.39 is 0 Å². The highest BCUT2D eigenvalue weighted by Crippen LogP contribution is 2.18. The predicted molar refractivity (Wildman–Crippen MR) is 68.1 cm³/mol. The molecule has 0 aliphatic rings. The van der Waals surface area contributed by atoms with Crippen LogP contribution in [0.5, 0.6) is 0 Å². The summed E-state index contributed by atoms with van der Waals surface area (Å²) in [5.74, 6) is 5.30. The molecule has 96 valence electrons. The summed E-state index contributed by atoms with van der Waals surface area (Å²) in [6, 6.07) is 8.33. The number of nitrogens with one attached hydrogen (secondary N) is 1. The summed E-state index contributed by atoms with van der Waals surface area (Å²) >= 11 is 0. The Bertz CT molecular complexity index is 536. The second kappa shape index (κ2) is 5.29. The van der Waals surface area contributed by atoms with Gasteiger partial charge in [-0.25, -0.2) is 4.39 Å². The summed E-state index contributed by atoms with van der Waals surface area (Å²) in [7, 11) is 1.89. The van der Waals surface area contributed by atoms with E-state index in [1.165, 1.54) is 12.1 Å². The van der Waals surface area contributed by atoms with Crippen LogP contribution in [0.15, 0.2) is 30.3 Å². The van der Waals surface area contributed by atoms with E-state index in [0.717, 1.165) is 17.0 Å². The van der Waals surface area contributed by atoms with Crippen LogP contribution in [0.1, 0.15) is 23.0 Å². The normalized spacial score (nSPS) is 12.7. The first-order valence-corrected chi connectivity index (χ1v) is 5.81. The summed E-state index contributed by atoms with van der Waals surface area (Å²) in [6.45, 7) is 1.94. The van der Waals surface area contributed by atoms with E-state index in [-0.39, 0.29) is 11.9 Å². The molecular formula is C13H17FN4. The fourth-order valence-corrected chi connectivity index (χ4v) is 2.06. The molecular weight excluding hydrogens is 231 g/mol. The molecule has 5 heteroatoms. The molecule has 18 heavy (non-hydrogen) atoms. The van der Waals surface area contributed by atoms with E-state index in [2.05, 4.69) is 10.5 Å². The fraction of sp³-hybridized carbons (Fsp3) is 0.308. The molecule has 0 spiro atoms.